The van der Waals surface area contributed by atoms with E-state index in [1.165, 1.54) is 0 Å². The van der Waals surface area contributed by atoms with Crippen molar-refractivity contribution in [1.82, 2.24) is 19.9 Å². The first-order chi connectivity index (χ1) is 11.7. The van der Waals surface area contributed by atoms with E-state index in [1.807, 2.05) is 30.3 Å². The van der Waals surface area contributed by atoms with E-state index in [-0.39, 0.29) is 18.6 Å². The van der Waals surface area contributed by atoms with E-state index in [0.29, 0.717) is 17.7 Å². The molecule has 128 valence electrons. The zero-order chi connectivity index (χ0) is 16.9. The van der Waals surface area contributed by atoms with Crippen LogP contribution in [0.1, 0.15) is 31.6 Å². The Balaban J connectivity index is 1.73. The van der Waals surface area contributed by atoms with Crippen molar-refractivity contribution in [2.75, 3.05) is 30.7 Å². The summed E-state index contributed by atoms with van der Waals surface area (Å²) in [7, 11) is 0. The highest BCUT2D eigenvalue weighted by atomic mass is 16.3. The molecule has 1 aromatic heterocycles. The maximum absolute atomic E-state index is 9.27. The van der Waals surface area contributed by atoms with Crippen LogP contribution in [0.2, 0.25) is 0 Å². The quantitative estimate of drug-likeness (QED) is 0.771. The number of rotatable bonds is 5. The maximum atomic E-state index is 9.27. The Morgan fingerprint density at radius 3 is 2.58 bits per heavy atom. The van der Waals surface area contributed by atoms with Gasteiger partial charge >= 0.3 is 0 Å². The van der Waals surface area contributed by atoms with Gasteiger partial charge in [0.05, 0.1) is 6.04 Å². The lowest BCUT2D eigenvalue weighted by Crippen LogP contribution is -2.37. The lowest BCUT2D eigenvalue weighted by atomic mass is 9.97. The summed E-state index contributed by atoms with van der Waals surface area (Å²) < 4.78 is 0. The van der Waals surface area contributed by atoms with Crippen molar-refractivity contribution in [3.63, 3.8) is 0 Å². The number of aliphatic hydroxyl groups is 1. The fourth-order valence-electron chi connectivity index (χ4n) is 2.99. The highest BCUT2D eigenvalue weighted by Gasteiger charge is 2.25. The zero-order valence-electron chi connectivity index (χ0n) is 13.9. The molecule has 1 unspecified atom stereocenters. The minimum Gasteiger partial charge on any atom is -0.396 e. The Kier molecular flexibility index (Phi) is 5.22. The number of hydrogen-bond acceptors (Lipinski definition) is 7. The van der Waals surface area contributed by atoms with Crippen LogP contribution in [0.3, 0.4) is 0 Å². The smallest absolute Gasteiger partial charge is 0.232 e. The van der Waals surface area contributed by atoms with Gasteiger partial charge in [0.25, 0.3) is 0 Å². The average Bonchev–Trinajstić information content (AvgIpc) is 2.61. The number of nitrogens with two attached hydrogens (primary N) is 1. The zero-order valence-corrected chi connectivity index (χ0v) is 13.9. The molecule has 1 saturated heterocycles. The molecular formula is C17H24N6O. The Hall–Kier alpha value is -2.25. The second-order valence-electron chi connectivity index (χ2n) is 6.20. The Labute approximate surface area is 142 Å². The van der Waals surface area contributed by atoms with Crippen LogP contribution in [0.25, 0.3) is 0 Å². The van der Waals surface area contributed by atoms with E-state index in [1.54, 1.807) is 0 Å². The van der Waals surface area contributed by atoms with Gasteiger partial charge in [0.2, 0.25) is 11.9 Å². The summed E-state index contributed by atoms with van der Waals surface area (Å²) in [5, 5.41) is 12.4. The van der Waals surface area contributed by atoms with Crippen LogP contribution in [-0.4, -0.2) is 44.7 Å². The summed E-state index contributed by atoms with van der Waals surface area (Å²) in [6.45, 7) is 4.21. The lowest BCUT2D eigenvalue weighted by molar-refractivity contribution is 0.103. The van der Waals surface area contributed by atoms with Crippen molar-refractivity contribution in [2.24, 2.45) is 5.92 Å². The van der Waals surface area contributed by atoms with Crippen LogP contribution in [0.5, 0.6) is 0 Å². The number of nitrogen functional groups attached to an aromatic ring is 1. The number of aliphatic hydroxyl groups excluding tert-OH is 1. The van der Waals surface area contributed by atoms with Crippen LogP contribution in [0, 0.1) is 5.92 Å². The molecule has 1 aromatic carbocycles. The summed E-state index contributed by atoms with van der Waals surface area (Å²) in [4.78, 5) is 15.4. The van der Waals surface area contributed by atoms with Crippen molar-refractivity contribution < 1.29 is 5.11 Å². The van der Waals surface area contributed by atoms with Gasteiger partial charge in [-0.2, -0.15) is 15.0 Å². The number of nitrogens with one attached hydrogen (secondary N) is 1. The van der Waals surface area contributed by atoms with E-state index in [9.17, 15) is 5.11 Å². The van der Waals surface area contributed by atoms with Crippen LogP contribution >= 0.6 is 0 Å². The van der Waals surface area contributed by atoms with E-state index in [0.717, 1.165) is 31.6 Å². The van der Waals surface area contributed by atoms with Crippen LogP contribution < -0.4 is 11.1 Å². The molecule has 0 radical (unpaired) electrons. The van der Waals surface area contributed by atoms with Crippen molar-refractivity contribution in [3.05, 3.63) is 36.2 Å². The number of piperidine rings is 1. The molecule has 1 aliphatic rings. The summed E-state index contributed by atoms with van der Waals surface area (Å²) in [5.41, 5.74) is 6.78. The molecule has 0 bridgehead atoms. The molecule has 1 atom stereocenters. The van der Waals surface area contributed by atoms with Gasteiger partial charge in [-0.1, -0.05) is 18.2 Å². The van der Waals surface area contributed by atoms with Gasteiger partial charge in [0.1, 0.15) is 0 Å². The second kappa shape index (κ2) is 7.55. The summed E-state index contributed by atoms with van der Waals surface area (Å²) in [6, 6.07) is 9.80. The average molecular weight is 328 g/mol. The Bertz CT molecular complexity index is 657. The van der Waals surface area contributed by atoms with Crippen LogP contribution in [0.4, 0.5) is 17.6 Å². The van der Waals surface area contributed by atoms with Gasteiger partial charge in [-0.05, 0) is 50.9 Å². The first kappa shape index (κ1) is 16.6. The third-order valence-corrected chi connectivity index (χ3v) is 4.53. The normalized spacial score (nSPS) is 17.6. The van der Waals surface area contributed by atoms with E-state index < -0.39 is 0 Å². The summed E-state index contributed by atoms with van der Waals surface area (Å²) >= 11 is 0. The van der Waals surface area contributed by atoms with Gasteiger partial charge in [-0.25, -0.2) is 0 Å². The first-order valence-electron chi connectivity index (χ1n) is 8.34. The molecule has 7 heteroatoms. The largest absolute Gasteiger partial charge is 0.396 e. The SMILES string of the molecule is CC(c1nc(N)nc(Nc2ccccc2)n1)N1CCC(CO)CC1. The van der Waals surface area contributed by atoms with Crippen molar-refractivity contribution >= 4 is 17.6 Å². The van der Waals surface area contributed by atoms with E-state index in [2.05, 4.69) is 32.1 Å². The fourth-order valence-corrected chi connectivity index (χ4v) is 2.99. The molecular weight excluding hydrogens is 304 g/mol. The number of nitrogens with zero attached hydrogens (tertiary/aromatic N) is 4. The van der Waals surface area contributed by atoms with Gasteiger partial charge < -0.3 is 16.2 Å². The van der Waals surface area contributed by atoms with Crippen molar-refractivity contribution in [2.45, 2.75) is 25.8 Å². The molecule has 7 nitrogen and oxygen atoms in total. The number of aromatic nitrogens is 3. The van der Waals surface area contributed by atoms with Crippen LogP contribution in [-0.2, 0) is 0 Å². The van der Waals surface area contributed by atoms with E-state index in [4.69, 9.17) is 5.73 Å². The first-order valence-corrected chi connectivity index (χ1v) is 8.34. The monoisotopic (exact) mass is 328 g/mol. The minimum absolute atomic E-state index is 0.0614. The molecule has 0 spiro atoms. The summed E-state index contributed by atoms with van der Waals surface area (Å²) in [6.07, 6.45) is 1.99. The van der Waals surface area contributed by atoms with E-state index >= 15 is 0 Å². The highest BCUT2D eigenvalue weighted by molar-refractivity contribution is 5.53. The minimum atomic E-state index is 0.0614. The predicted octanol–water partition coefficient (Wildman–Crippen LogP) is 1.96. The molecule has 3 rings (SSSR count). The standard InChI is InChI=1S/C17H24N6O/c1-12(23-9-7-13(11-24)8-10-23)15-20-16(18)22-17(21-15)19-14-5-3-2-4-6-14/h2-6,12-13,24H,7-11H2,1H3,(H3,18,19,20,21,22). The lowest BCUT2D eigenvalue weighted by Gasteiger charge is -2.34. The number of para-hydroxylation sites is 1. The fraction of sp³-hybridized carbons (Fsp3) is 0.471. The molecule has 1 aliphatic heterocycles. The number of hydrogen-bond donors (Lipinski definition) is 3. The molecule has 2 heterocycles. The third kappa shape index (κ3) is 3.98. The van der Waals surface area contributed by atoms with Crippen LogP contribution in [0.15, 0.2) is 30.3 Å². The number of benzene rings is 1. The molecule has 2 aromatic rings. The Morgan fingerprint density at radius 1 is 1.21 bits per heavy atom. The van der Waals surface area contributed by atoms with Gasteiger partial charge in [0.15, 0.2) is 5.82 Å². The molecule has 0 saturated carbocycles. The summed E-state index contributed by atoms with van der Waals surface area (Å²) in [5.74, 6) is 1.76. The van der Waals surface area contributed by atoms with Crippen molar-refractivity contribution in [1.29, 1.82) is 0 Å². The molecule has 4 N–H and O–H groups in total. The molecule has 1 fully saturated rings. The molecule has 0 amide bonds. The van der Waals surface area contributed by atoms with Gasteiger partial charge in [-0.3, -0.25) is 4.90 Å². The number of anilines is 3. The second-order valence-corrected chi connectivity index (χ2v) is 6.20. The number of likely N-dealkylation sites (tertiary alicyclic amines) is 1. The topological polar surface area (TPSA) is 100 Å². The Morgan fingerprint density at radius 2 is 1.92 bits per heavy atom. The third-order valence-electron chi connectivity index (χ3n) is 4.53. The van der Waals surface area contributed by atoms with Crippen molar-refractivity contribution in [3.8, 4) is 0 Å². The predicted molar refractivity (Wildman–Crippen MR) is 93.8 cm³/mol. The molecule has 24 heavy (non-hydrogen) atoms. The molecule has 0 aliphatic carbocycles. The van der Waals surface area contributed by atoms with Gasteiger partial charge in [-0.15, -0.1) is 0 Å². The highest BCUT2D eigenvalue weighted by Crippen LogP contribution is 2.25. The maximum Gasteiger partial charge on any atom is 0.232 e. The van der Waals surface area contributed by atoms with Gasteiger partial charge in [0, 0.05) is 12.3 Å².